The van der Waals surface area contributed by atoms with Gasteiger partial charge >= 0.3 is 17.9 Å². The number of anilines is 1. The lowest BCUT2D eigenvalue weighted by Crippen LogP contribution is -2.55. The van der Waals surface area contributed by atoms with Crippen LogP contribution in [0.5, 0.6) is 5.75 Å². The first-order valence-electron chi connectivity index (χ1n) is 12.6. The normalized spacial score (nSPS) is 22.8. The highest BCUT2D eigenvalue weighted by atomic mass is 32.2. The molecule has 41 heavy (non-hydrogen) atoms. The summed E-state index contributed by atoms with van der Waals surface area (Å²) < 4.78 is 50.2. The van der Waals surface area contributed by atoms with E-state index in [2.05, 4.69) is 4.99 Å². The molecular weight excluding hydrogens is 554 g/mol. The fourth-order valence-corrected chi connectivity index (χ4v) is 7.72. The molecule has 1 saturated heterocycles. The average molecular weight is 584 g/mol. The van der Waals surface area contributed by atoms with Crippen molar-refractivity contribution in [3.63, 3.8) is 0 Å². The summed E-state index contributed by atoms with van der Waals surface area (Å²) in [6.45, 7) is 1.81. The zero-order valence-corrected chi connectivity index (χ0v) is 24.1. The summed E-state index contributed by atoms with van der Waals surface area (Å²) in [6.07, 6.45) is -0.145. The molecule has 0 bridgehead atoms. The van der Waals surface area contributed by atoms with Gasteiger partial charge in [-0.1, -0.05) is 17.7 Å². The van der Waals surface area contributed by atoms with E-state index in [0.717, 1.165) is 24.1 Å². The average Bonchev–Trinajstić information content (AvgIpc) is 3.46. The van der Waals surface area contributed by atoms with Gasteiger partial charge < -0.3 is 23.8 Å². The lowest BCUT2D eigenvalue weighted by atomic mass is 9.69. The van der Waals surface area contributed by atoms with Crippen LogP contribution in [0, 0.1) is 6.92 Å². The van der Waals surface area contributed by atoms with Crippen molar-refractivity contribution in [2.75, 3.05) is 40.4 Å². The van der Waals surface area contributed by atoms with Crippen molar-refractivity contribution >= 4 is 39.5 Å². The second-order valence-corrected chi connectivity index (χ2v) is 11.7. The molecule has 216 valence electrons. The van der Waals surface area contributed by atoms with E-state index < -0.39 is 51.1 Å². The fourth-order valence-electron chi connectivity index (χ4n) is 6.09. The van der Waals surface area contributed by atoms with Crippen molar-refractivity contribution in [2.24, 2.45) is 4.99 Å². The van der Waals surface area contributed by atoms with Gasteiger partial charge in [-0.25, -0.2) is 32.1 Å². The molecule has 1 spiro atoms. The molecule has 12 nitrogen and oxygen atoms in total. The van der Waals surface area contributed by atoms with Crippen LogP contribution >= 0.6 is 0 Å². The largest absolute Gasteiger partial charge is 0.497 e. The molecule has 1 fully saturated rings. The summed E-state index contributed by atoms with van der Waals surface area (Å²) >= 11 is 0. The summed E-state index contributed by atoms with van der Waals surface area (Å²) in [7, 11) is 2.19. The molecule has 3 atom stereocenters. The third-order valence-electron chi connectivity index (χ3n) is 7.91. The number of hydrogen-bond acceptors (Lipinski definition) is 11. The van der Waals surface area contributed by atoms with E-state index in [1.165, 1.54) is 26.4 Å². The highest BCUT2D eigenvalue weighted by molar-refractivity contribution is 7.89. The van der Waals surface area contributed by atoms with Gasteiger partial charge in [-0.2, -0.15) is 0 Å². The molecule has 0 unspecified atom stereocenters. The number of likely N-dealkylation sites (N-methyl/N-ethyl adjacent to an activating group) is 1. The highest BCUT2D eigenvalue weighted by Gasteiger charge is 2.68. The van der Waals surface area contributed by atoms with E-state index in [4.69, 9.17) is 18.9 Å². The number of carbonyl (C=O) groups excluding carboxylic acids is 3. The van der Waals surface area contributed by atoms with Gasteiger partial charge in [-0.3, -0.25) is 0 Å². The second kappa shape index (κ2) is 9.91. The number of esters is 3. The Hall–Kier alpha value is -4.39. The summed E-state index contributed by atoms with van der Waals surface area (Å²) in [5.74, 6) is -2.31. The number of nitrogens with zero attached hydrogens (tertiary/aromatic N) is 3. The molecule has 2 aromatic rings. The second-order valence-electron chi connectivity index (χ2n) is 9.91. The zero-order chi connectivity index (χ0) is 29.9. The number of methoxy groups -OCH3 is 4. The van der Waals surface area contributed by atoms with Crippen molar-refractivity contribution in [1.29, 1.82) is 0 Å². The van der Waals surface area contributed by atoms with Gasteiger partial charge in [0.25, 0.3) is 10.0 Å². The molecule has 0 saturated carbocycles. The Bertz CT molecular complexity index is 1630. The maximum Gasteiger partial charge on any atom is 0.357 e. The van der Waals surface area contributed by atoms with Gasteiger partial charge in [0.15, 0.2) is 5.70 Å². The monoisotopic (exact) mass is 583 g/mol. The van der Waals surface area contributed by atoms with Crippen LogP contribution in [-0.2, 0) is 44.0 Å². The molecule has 0 N–H and O–H groups in total. The third kappa shape index (κ3) is 3.90. The topological polar surface area (TPSA) is 141 Å². The van der Waals surface area contributed by atoms with Crippen molar-refractivity contribution in [3.8, 4) is 5.75 Å². The van der Waals surface area contributed by atoms with Crippen molar-refractivity contribution in [3.05, 3.63) is 64.9 Å². The van der Waals surface area contributed by atoms with Crippen LogP contribution in [0.4, 0.5) is 5.69 Å². The number of aliphatic imine (C=N–C) groups is 1. The predicted molar refractivity (Wildman–Crippen MR) is 146 cm³/mol. The smallest absolute Gasteiger partial charge is 0.357 e. The molecule has 3 aliphatic heterocycles. The van der Waals surface area contributed by atoms with E-state index in [0.29, 0.717) is 17.0 Å². The van der Waals surface area contributed by atoms with Crippen LogP contribution in [0.3, 0.4) is 0 Å². The van der Waals surface area contributed by atoms with Gasteiger partial charge in [0, 0.05) is 12.7 Å². The summed E-state index contributed by atoms with van der Waals surface area (Å²) in [4.78, 5) is 45.9. The Kier molecular flexibility index (Phi) is 6.80. The van der Waals surface area contributed by atoms with Crippen LogP contribution in [0.25, 0.3) is 0 Å². The van der Waals surface area contributed by atoms with Gasteiger partial charge in [-0.15, -0.1) is 0 Å². The Balaban J connectivity index is 1.90. The van der Waals surface area contributed by atoms with E-state index >= 15 is 0 Å². The Morgan fingerprint density at radius 2 is 1.61 bits per heavy atom. The first kappa shape index (κ1) is 28.1. The number of aryl methyl sites for hydroxylation is 1. The first-order valence-corrected chi connectivity index (χ1v) is 14.0. The van der Waals surface area contributed by atoms with Gasteiger partial charge in [0.05, 0.1) is 50.4 Å². The molecule has 3 heterocycles. The standard InChI is InChI=1S/C28H29N3O9S/c1-15-7-10-17(11-8-15)41(35,36)31-20(24(32)38-4)14-28-18-13-16(37-3)9-12-19(18)30(2)23(28)21(25(33)39-5)22(26(34)40-6)29-27(28)31/h7-13,20,23H,14H2,1-6H3/t20-,23-,28-/m0/s1. The van der Waals surface area contributed by atoms with Crippen molar-refractivity contribution in [1.82, 2.24) is 4.31 Å². The predicted octanol–water partition coefficient (Wildman–Crippen LogP) is 1.71. The number of hydrogen-bond donors (Lipinski definition) is 0. The first-order chi connectivity index (χ1) is 19.5. The SMILES string of the molecule is COC(=O)C1=C(C(=O)OC)[C@@H]2N(C)c3ccc(OC)cc3[C@@]23C[C@@H](C(=O)OC)N(S(=O)(=O)c2ccc(C)cc2)C3=N1. The molecule has 2 aromatic carbocycles. The molecule has 0 radical (unpaired) electrons. The van der Waals surface area contributed by atoms with Crippen LogP contribution in [0.1, 0.15) is 17.5 Å². The van der Waals surface area contributed by atoms with Crippen molar-refractivity contribution < 1.29 is 41.7 Å². The van der Waals surface area contributed by atoms with Crippen LogP contribution in [0.15, 0.2) is 63.6 Å². The number of amidine groups is 1. The molecular formula is C28H29N3O9S. The minimum Gasteiger partial charge on any atom is -0.497 e. The molecule has 0 aliphatic carbocycles. The minimum atomic E-state index is -4.45. The maximum atomic E-state index is 14.3. The van der Waals surface area contributed by atoms with Crippen LogP contribution in [0.2, 0.25) is 0 Å². The van der Waals surface area contributed by atoms with Gasteiger partial charge in [0.1, 0.15) is 17.6 Å². The number of carbonyl (C=O) groups is 3. The summed E-state index contributed by atoms with van der Waals surface area (Å²) in [6, 6.07) is 8.95. The minimum absolute atomic E-state index is 0.0899. The zero-order valence-electron chi connectivity index (χ0n) is 23.3. The van der Waals surface area contributed by atoms with E-state index in [-0.39, 0.29) is 22.7 Å². The Labute approximate surface area is 237 Å². The Morgan fingerprint density at radius 1 is 0.951 bits per heavy atom. The lowest BCUT2D eigenvalue weighted by Gasteiger charge is -2.39. The van der Waals surface area contributed by atoms with Crippen LogP contribution in [-0.4, -0.2) is 84.0 Å². The fraction of sp³-hybridized carbons (Fsp3) is 0.357. The van der Waals surface area contributed by atoms with Gasteiger partial charge in [0.2, 0.25) is 0 Å². The molecule has 13 heteroatoms. The number of sulfonamides is 1. The number of benzene rings is 2. The summed E-state index contributed by atoms with van der Waals surface area (Å²) in [5, 5.41) is 0. The van der Waals surface area contributed by atoms with E-state index in [1.54, 1.807) is 42.3 Å². The van der Waals surface area contributed by atoms with Crippen molar-refractivity contribution in [2.45, 2.75) is 35.7 Å². The van der Waals surface area contributed by atoms with Crippen LogP contribution < -0.4 is 9.64 Å². The molecule has 0 aromatic heterocycles. The lowest BCUT2D eigenvalue weighted by molar-refractivity contribution is -0.144. The third-order valence-corrected chi connectivity index (χ3v) is 9.72. The highest BCUT2D eigenvalue weighted by Crippen LogP contribution is 2.58. The Morgan fingerprint density at radius 3 is 2.20 bits per heavy atom. The van der Waals surface area contributed by atoms with E-state index in [9.17, 15) is 22.8 Å². The maximum absolute atomic E-state index is 14.3. The summed E-state index contributed by atoms with van der Waals surface area (Å²) in [5.41, 5.74) is 0.0582. The molecule has 0 amide bonds. The van der Waals surface area contributed by atoms with Gasteiger partial charge in [-0.05, 0) is 49.2 Å². The molecule has 5 rings (SSSR count). The van der Waals surface area contributed by atoms with E-state index in [1.807, 2.05) is 6.92 Å². The number of fused-ring (bicyclic) bond motifs is 1. The molecule has 3 aliphatic rings. The quantitative estimate of drug-likeness (QED) is 0.365. The number of ether oxygens (including phenoxy) is 4. The number of rotatable bonds is 6.